The molecule has 2 heterocycles. The third-order valence-corrected chi connectivity index (χ3v) is 5.33. The number of ether oxygens (including phenoxy) is 2. The molecule has 0 N–H and O–H groups in total. The summed E-state index contributed by atoms with van der Waals surface area (Å²) in [6.07, 6.45) is 1.63. The average Bonchev–Trinajstić information content (AvgIpc) is 2.81. The highest BCUT2D eigenvalue weighted by atomic mass is 16.6. The van der Waals surface area contributed by atoms with Crippen molar-refractivity contribution in [1.82, 2.24) is 9.80 Å². The Morgan fingerprint density at radius 1 is 1.21 bits per heavy atom. The van der Waals surface area contributed by atoms with E-state index in [1.54, 1.807) is 4.90 Å². The van der Waals surface area contributed by atoms with Gasteiger partial charge in [0, 0.05) is 19.6 Å². The second kappa shape index (κ2) is 8.11. The Hall–Kier alpha value is -2.08. The lowest BCUT2D eigenvalue weighted by Gasteiger charge is -2.45. The molecule has 2 aliphatic heterocycles. The second-order valence-corrected chi connectivity index (χ2v) is 8.94. The standard InChI is InChI=1S/C22H32N2O4/c1-17-19(25)24(15-18-9-6-5-7-10-18)16-22(27-17)11-8-13-23(14-12-22)20(26)28-21(2,3)4/h5-7,9-10,17H,8,11-16H2,1-4H3. The molecular weight excluding hydrogens is 356 g/mol. The van der Waals surface area contributed by atoms with Crippen LogP contribution in [0.1, 0.15) is 52.5 Å². The molecule has 28 heavy (non-hydrogen) atoms. The molecule has 1 spiro atoms. The fourth-order valence-corrected chi connectivity index (χ4v) is 4.04. The summed E-state index contributed by atoms with van der Waals surface area (Å²) in [7, 11) is 0. The third kappa shape index (κ3) is 5.04. The van der Waals surface area contributed by atoms with E-state index in [4.69, 9.17) is 9.47 Å². The van der Waals surface area contributed by atoms with Gasteiger partial charge in [-0.3, -0.25) is 4.79 Å². The number of amides is 2. The van der Waals surface area contributed by atoms with E-state index in [-0.39, 0.29) is 12.0 Å². The minimum atomic E-state index is -0.504. The van der Waals surface area contributed by atoms with Crippen LogP contribution in [0.25, 0.3) is 0 Å². The van der Waals surface area contributed by atoms with Gasteiger partial charge in [0.1, 0.15) is 11.7 Å². The van der Waals surface area contributed by atoms with Crippen LogP contribution in [-0.4, -0.2) is 58.7 Å². The predicted molar refractivity (Wildman–Crippen MR) is 107 cm³/mol. The Kier molecular flexibility index (Phi) is 5.98. The van der Waals surface area contributed by atoms with E-state index in [0.717, 1.165) is 18.4 Å². The maximum atomic E-state index is 12.7. The van der Waals surface area contributed by atoms with Crippen molar-refractivity contribution >= 4 is 12.0 Å². The number of benzene rings is 1. The number of carbonyl (C=O) groups is 2. The SMILES string of the molecule is CC1OC2(CCCN(C(=O)OC(C)(C)C)CC2)CN(Cc2ccccc2)C1=O. The predicted octanol–water partition coefficient (Wildman–Crippen LogP) is 3.59. The summed E-state index contributed by atoms with van der Waals surface area (Å²) in [6.45, 7) is 9.85. The van der Waals surface area contributed by atoms with Gasteiger partial charge in [0.2, 0.25) is 0 Å². The first-order chi connectivity index (χ1) is 13.2. The molecule has 0 aromatic heterocycles. The Morgan fingerprint density at radius 2 is 1.93 bits per heavy atom. The molecule has 2 saturated heterocycles. The monoisotopic (exact) mass is 388 g/mol. The fraction of sp³-hybridized carbons (Fsp3) is 0.636. The zero-order chi connectivity index (χ0) is 20.4. The maximum Gasteiger partial charge on any atom is 0.410 e. The van der Waals surface area contributed by atoms with Crippen molar-refractivity contribution in [2.75, 3.05) is 19.6 Å². The molecule has 154 valence electrons. The zero-order valence-corrected chi connectivity index (χ0v) is 17.4. The van der Waals surface area contributed by atoms with Crippen LogP contribution in [-0.2, 0) is 20.8 Å². The van der Waals surface area contributed by atoms with Gasteiger partial charge in [0.15, 0.2) is 0 Å². The molecule has 2 fully saturated rings. The number of hydrogen-bond donors (Lipinski definition) is 0. The lowest BCUT2D eigenvalue weighted by atomic mass is 9.91. The lowest BCUT2D eigenvalue weighted by Crippen LogP contribution is -2.57. The van der Waals surface area contributed by atoms with Crippen LogP contribution in [0, 0.1) is 0 Å². The normalized spacial score (nSPS) is 26.3. The van der Waals surface area contributed by atoms with Crippen molar-refractivity contribution in [3.05, 3.63) is 35.9 Å². The van der Waals surface area contributed by atoms with Crippen LogP contribution in [0.5, 0.6) is 0 Å². The molecule has 6 heteroatoms. The summed E-state index contributed by atoms with van der Waals surface area (Å²) < 4.78 is 11.8. The number of hydrogen-bond acceptors (Lipinski definition) is 4. The quantitative estimate of drug-likeness (QED) is 0.777. The van der Waals surface area contributed by atoms with E-state index < -0.39 is 17.3 Å². The third-order valence-electron chi connectivity index (χ3n) is 5.33. The smallest absolute Gasteiger partial charge is 0.410 e. The van der Waals surface area contributed by atoms with Gasteiger partial charge in [-0.1, -0.05) is 30.3 Å². The van der Waals surface area contributed by atoms with Gasteiger partial charge in [0.25, 0.3) is 5.91 Å². The summed E-state index contributed by atoms with van der Waals surface area (Å²) in [6, 6.07) is 10.0. The number of carbonyl (C=O) groups excluding carboxylic acids is 2. The van der Waals surface area contributed by atoms with E-state index >= 15 is 0 Å². The average molecular weight is 389 g/mol. The topological polar surface area (TPSA) is 59.1 Å². The van der Waals surface area contributed by atoms with Crippen LogP contribution in [0.2, 0.25) is 0 Å². The molecule has 2 amide bonds. The van der Waals surface area contributed by atoms with Gasteiger partial charge in [-0.05, 0) is 52.5 Å². The molecule has 0 aliphatic carbocycles. The molecule has 1 aromatic rings. The Morgan fingerprint density at radius 3 is 2.61 bits per heavy atom. The molecule has 1 aromatic carbocycles. The first kappa shape index (κ1) is 20.6. The van der Waals surface area contributed by atoms with Gasteiger partial charge in [-0.2, -0.15) is 0 Å². The van der Waals surface area contributed by atoms with E-state index in [0.29, 0.717) is 32.6 Å². The van der Waals surface area contributed by atoms with Crippen LogP contribution < -0.4 is 0 Å². The summed E-state index contributed by atoms with van der Waals surface area (Å²) in [4.78, 5) is 28.8. The molecule has 0 bridgehead atoms. The first-order valence-electron chi connectivity index (χ1n) is 10.2. The van der Waals surface area contributed by atoms with E-state index in [1.165, 1.54) is 0 Å². The Labute approximate surface area is 167 Å². The fourth-order valence-electron chi connectivity index (χ4n) is 4.04. The Balaban J connectivity index is 1.69. The molecular formula is C22H32N2O4. The second-order valence-electron chi connectivity index (χ2n) is 8.94. The highest BCUT2D eigenvalue weighted by molar-refractivity contribution is 5.81. The van der Waals surface area contributed by atoms with Crippen LogP contribution in [0.3, 0.4) is 0 Å². The molecule has 2 unspecified atom stereocenters. The van der Waals surface area contributed by atoms with Crippen molar-refractivity contribution in [2.45, 2.75) is 70.8 Å². The number of likely N-dealkylation sites (tertiary alicyclic amines) is 1. The van der Waals surface area contributed by atoms with Crippen LogP contribution in [0.4, 0.5) is 4.79 Å². The van der Waals surface area contributed by atoms with E-state index in [9.17, 15) is 9.59 Å². The van der Waals surface area contributed by atoms with Crippen molar-refractivity contribution in [1.29, 1.82) is 0 Å². The molecule has 3 rings (SSSR count). The van der Waals surface area contributed by atoms with Crippen molar-refractivity contribution < 1.29 is 19.1 Å². The molecule has 0 saturated carbocycles. The largest absolute Gasteiger partial charge is 0.444 e. The molecule has 2 aliphatic rings. The first-order valence-corrected chi connectivity index (χ1v) is 10.2. The van der Waals surface area contributed by atoms with Crippen molar-refractivity contribution in [2.24, 2.45) is 0 Å². The van der Waals surface area contributed by atoms with Crippen LogP contribution >= 0.6 is 0 Å². The van der Waals surface area contributed by atoms with Gasteiger partial charge >= 0.3 is 6.09 Å². The van der Waals surface area contributed by atoms with Gasteiger partial charge in [0.05, 0.1) is 12.1 Å². The van der Waals surface area contributed by atoms with Gasteiger partial charge < -0.3 is 19.3 Å². The number of nitrogens with zero attached hydrogens (tertiary/aromatic N) is 2. The number of morpholine rings is 1. The van der Waals surface area contributed by atoms with Crippen LogP contribution in [0.15, 0.2) is 30.3 Å². The molecule has 6 nitrogen and oxygen atoms in total. The summed E-state index contributed by atoms with van der Waals surface area (Å²) in [5, 5.41) is 0. The summed E-state index contributed by atoms with van der Waals surface area (Å²) >= 11 is 0. The van der Waals surface area contributed by atoms with E-state index in [2.05, 4.69) is 0 Å². The minimum absolute atomic E-state index is 0.0303. The highest BCUT2D eigenvalue weighted by Crippen LogP contribution is 2.34. The lowest BCUT2D eigenvalue weighted by molar-refractivity contribution is -0.184. The summed E-state index contributed by atoms with van der Waals surface area (Å²) in [5.41, 5.74) is 0.207. The molecule has 0 radical (unpaired) electrons. The zero-order valence-electron chi connectivity index (χ0n) is 17.4. The van der Waals surface area contributed by atoms with Crippen molar-refractivity contribution in [3.8, 4) is 0 Å². The minimum Gasteiger partial charge on any atom is -0.444 e. The maximum absolute atomic E-state index is 12.7. The Bertz CT molecular complexity index is 700. The number of rotatable bonds is 2. The van der Waals surface area contributed by atoms with Crippen molar-refractivity contribution in [3.63, 3.8) is 0 Å². The highest BCUT2D eigenvalue weighted by Gasteiger charge is 2.44. The van der Waals surface area contributed by atoms with E-state index in [1.807, 2.05) is 62.9 Å². The van der Waals surface area contributed by atoms with Gasteiger partial charge in [-0.15, -0.1) is 0 Å². The van der Waals surface area contributed by atoms with Gasteiger partial charge in [-0.25, -0.2) is 4.79 Å². The molecule has 2 atom stereocenters. The summed E-state index contributed by atoms with van der Waals surface area (Å²) in [5.74, 6) is 0.0303.